The summed E-state index contributed by atoms with van der Waals surface area (Å²) in [4.78, 5) is 16.3. The van der Waals surface area contributed by atoms with Crippen LogP contribution in [0.4, 0.5) is 11.5 Å². The van der Waals surface area contributed by atoms with E-state index in [1.807, 2.05) is 24.3 Å². The third-order valence-electron chi connectivity index (χ3n) is 2.96. The number of carbonyl (C=O) groups is 1. The van der Waals surface area contributed by atoms with Crippen LogP contribution in [-0.2, 0) is 4.74 Å². The summed E-state index contributed by atoms with van der Waals surface area (Å²) in [5.74, 6) is 0.618. The van der Waals surface area contributed by atoms with Gasteiger partial charge in [0.1, 0.15) is 5.82 Å². The molecule has 0 atom stereocenters. The van der Waals surface area contributed by atoms with E-state index < -0.39 is 0 Å². The molecule has 6 heteroatoms. The lowest BCUT2D eigenvalue weighted by Gasteiger charge is -2.08. The number of amides is 1. The molecule has 2 rings (SSSR count). The normalized spacial score (nSPS) is 10.3. The predicted octanol–water partition coefficient (Wildman–Crippen LogP) is 3.54. The van der Waals surface area contributed by atoms with Crippen molar-refractivity contribution in [2.45, 2.75) is 6.42 Å². The molecule has 1 aromatic heterocycles. The molecule has 0 saturated heterocycles. The zero-order chi connectivity index (χ0) is 15.8. The van der Waals surface area contributed by atoms with Crippen LogP contribution in [0.1, 0.15) is 16.8 Å². The van der Waals surface area contributed by atoms with Crippen molar-refractivity contribution in [3.8, 4) is 0 Å². The number of aromatic nitrogens is 1. The number of ether oxygens (including phenoxy) is 1. The SMILES string of the molecule is COCCCNc1ccc(NC(=O)c2ccc(Br)cc2)cn1. The third kappa shape index (κ3) is 5.13. The Bertz CT molecular complexity index is 600. The minimum atomic E-state index is -0.157. The van der Waals surface area contributed by atoms with Crippen LogP contribution in [0.15, 0.2) is 47.1 Å². The Morgan fingerprint density at radius 2 is 2.00 bits per heavy atom. The molecule has 0 radical (unpaired) electrons. The van der Waals surface area contributed by atoms with E-state index in [4.69, 9.17) is 4.74 Å². The average molecular weight is 364 g/mol. The van der Waals surface area contributed by atoms with Crippen LogP contribution in [0.5, 0.6) is 0 Å². The van der Waals surface area contributed by atoms with Crippen molar-refractivity contribution in [3.63, 3.8) is 0 Å². The molecule has 2 aromatic rings. The van der Waals surface area contributed by atoms with Crippen molar-refractivity contribution < 1.29 is 9.53 Å². The second-order valence-corrected chi connectivity index (χ2v) is 5.58. The molecule has 0 bridgehead atoms. The van der Waals surface area contributed by atoms with Gasteiger partial charge >= 0.3 is 0 Å². The lowest BCUT2D eigenvalue weighted by molar-refractivity contribution is 0.102. The van der Waals surface area contributed by atoms with Crippen molar-refractivity contribution in [2.24, 2.45) is 0 Å². The molecule has 0 aliphatic rings. The number of anilines is 2. The molecule has 0 unspecified atom stereocenters. The van der Waals surface area contributed by atoms with Gasteiger partial charge in [0.05, 0.1) is 11.9 Å². The zero-order valence-corrected chi connectivity index (χ0v) is 13.9. The quantitative estimate of drug-likeness (QED) is 0.738. The highest BCUT2D eigenvalue weighted by Crippen LogP contribution is 2.14. The third-order valence-corrected chi connectivity index (χ3v) is 3.49. The van der Waals surface area contributed by atoms with Gasteiger partial charge in [-0.3, -0.25) is 4.79 Å². The fourth-order valence-corrected chi connectivity index (χ4v) is 2.07. The Morgan fingerprint density at radius 1 is 1.23 bits per heavy atom. The number of pyridine rings is 1. The number of nitrogens with zero attached hydrogens (tertiary/aromatic N) is 1. The number of hydrogen-bond donors (Lipinski definition) is 2. The minimum absolute atomic E-state index is 0.157. The maximum Gasteiger partial charge on any atom is 0.255 e. The highest BCUT2D eigenvalue weighted by atomic mass is 79.9. The molecule has 22 heavy (non-hydrogen) atoms. The van der Waals surface area contributed by atoms with Gasteiger partial charge in [0.25, 0.3) is 5.91 Å². The molecule has 5 nitrogen and oxygen atoms in total. The number of methoxy groups -OCH3 is 1. The first kappa shape index (κ1) is 16.5. The number of benzene rings is 1. The maximum atomic E-state index is 12.1. The van der Waals surface area contributed by atoms with Crippen LogP contribution in [0.25, 0.3) is 0 Å². The fraction of sp³-hybridized carbons (Fsp3) is 0.250. The van der Waals surface area contributed by atoms with Gasteiger partial charge in [0, 0.05) is 30.3 Å². The predicted molar refractivity (Wildman–Crippen MR) is 91.3 cm³/mol. The summed E-state index contributed by atoms with van der Waals surface area (Å²) in [6.07, 6.45) is 2.55. The second kappa shape index (κ2) is 8.51. The molecule has 116 valence electrons. The Morgan fingerprint density at radius 3 is 2.64 bits per heavy atom. The molecule has 0 fully saturated rings. The van der Waals surface area contributed by atoms with E-state index in [2.05, 4.69) is 31.5 Å². The number of carbonyl (C=O) groups excluding carboxylic acids is 1. The molecule has 0 spiro atoms. The lowest BCUT2D eigenvalue weighted by Crippen LogP contribution is -2.12. The van der Waals surface area contributed by atoms with E-state index in [0.29, 0.717) is 17.9 Å². The Hall–Kier alpha value is -1.92. The molecule has 1 heterocycles. The second-order valence-electron chi connectivity index (χ2n) is 4.67. The number of rotatable bonds is 7. The van der Waals surface area contributed by atoms with Crippen molar-refractivity contribution >= 4 is 33.3 Å². The van der Waals surface area contributed by atoms with Gasteiger partial charge in [-0.2, -0.15) is 0 Å². The van der Waals surface area contributed by atoms with E-state index in [0.717, 1.165) is 23.3 Å². The van der Waals surface area contributed by atoms with E-state index in [-0.39, 0.29) is 5.91 Å². The first-order valence-corrected chi connectivity index (χ1v) is 7.74. The van der Waals surface area contributed by atoms with Crippen molar-refractivity contribution in [1.82, 2.24) is 4.98 Å². The van der Waals surface area contributed by atoms with Gasteiger partial charge in [0.15, 0.2) is 0 Å². The van der Waals surface area contributed by atoms with E-state index in [9.17, 15) is 4.79 Å². The highest BCUT2D eigenvalue weighted by Gasteiger charge is 2.06. The van der Waals surface area contributed by atoms with Crippen LogP contribution in [0.3, 0.4) is 0 Å². The van der Waals surface area contributed by atoms with Gasteiger partial charge in [-0.25, -0.2) is 4.98 Å². The van der Waals surface area contributed by atoms with Gasteiger partial charge in [0.2, 0.25) is 0 Å². The standard InChI is InChI=1S/C16H18BrN3O2/c1-22-10-2-9-18-15-8-7-14(11-19-15)20-16(21)12-3-5-13(17)6-4-12/h3-8,11H,2,9-10H2,1H3,(H,18,19)(H,20,21). The van der Waals surface area contributed by atoms with Crippen molar-refractivity contribution in [3.05, 3.63) is 52.6 Å². The monoisotopic (exact) mass is 363 g/mol. The summed E-state index contributed by atoms with van der Waals surface area (Å²) in [7, 11) is 1.68. The number of nitrogens with one attached hydrogen (secondary N) is 2. The van der Waals surface area contributed by atoms with Gasteiger partial charge in [-0.15, -0.1) is 0 Å². The molecular weight excluding hydrogens is 346 g/mol. The Balaban J connectivity index is 1.88. The molecule has 0 saturated carbocycles. The first-order chi connectivity index (χ1) is 10.7. The van der Waals surface area contributed by atoms with E-state index >= 15 is 0 Å². The first-order valence-electron chi connectivity index (χ1n) is 6.95. The molecule has 2 N–H and O–H groups in total. The molecule has 1 aromatic carbocycles. The van der Waals surface area contributed by atoms with E-state index in [1.165, 1.54) is 0 Å². The maximum absolute atomic E-state index is 12.1. The van der Waals surface area contributed by atoms with Crippen LogP contribution in [-0.4, -0.2) is 31.2 Å². The van der Waals surface area contributed by atoms with Crippen LogP contribution in [0, 0.1) is 0 Å². The number of halogens is 1. The smallest absolute Gasteiger partial charge is 0.255 e. The van der Waals surface area contributed by atoms with Crippen LogP contribution >= 0.6 is 15.9 Å². The average Bonchev–Trinajstić information content (AvgIpc) is 2.54. The van der Waals surface area contributed by atoms with Crippen molar-refractivity contribution in [1.29, 1.82) is 0 Å². The summed E-state index contributed by atoms with van der Waals surface area (Å²) < 4.78 is 5.92. The molecule has 1 amide bonds. The van der Waals surface area contributed by atoms with Gasteiger partial charge < -0.3 is 15.4 Å². The fourth-order valence-electron chi connectivity index (χ4n) is 1.81. The highest BCUT2D eigenvalue weighted by molar-refractivity contribution is 9.10. The Labute approximate surface area is 138 Å². The van der Waals surface area contributed by atoms with Gasteiger partial charge in [-0.05, 0) is 42.8 Å². The zero-order valence-electron chi connectivity index (χ0n) is 12.3. The summed E-state index contributed by atoms with van der Waals surface area (Å²) >= 11 is 3.34. The molecule has 0 aliphatic heterocycles. The van der Waals surface area contributed by atoms with E-state index in [1.54, 1.807) is 25.4 Å². The van der Waals surface area contributed by atoms with Crippen molar-refractivity contribution in [2.75, 3.05) is 30.9 Å². The minimum Gasteiger partial charge on any atom is -0.385 e. The van der Waals surface area contributed by atoms with Gasteiger partial charge in [-0.1, -0.05) is 15.9 Å². The summed E-state index contributed by atoms with van der Waals surface area (Å²) in [5, 5.41) is 6.01. The Kier molecular flexibility index (Phi) is 6.36. The largest absolute Gasteiger partial charge is 0.385 e. The molecular formula is C16H18BrN3O2. The summed E-state index contributed by atoms with van der Waals surface area (Å²) in [5.41, 5.74) is 1.26. The van der Waals surface area contributed by atoms with Crippen LogP contribution in [0.2, 0.25) is 0 Å². The van der Waals surface area contributed by atoms with Crippen LogP contribution < -0.4 is 10.6 Å². The summed E-state index contributed by atoms with van der Waals surface area (Å²) in [6.45, 7) is 1.51. The lowest BCUT2D eigenvalue weighted by atomic mass is 10.2. The molecule has 0 aliphatic carbocycles. The number of hydrogen-bond acceptors (Lipinski definition) is 4. The topological polar surface area (TPSA) is 63.2 Å². The summed E-state index contributed by atoms with van der Waals surface area (Å²) in [6, 6.07) is 10.9.